The quantitative estimate of drug-likeness (QED) is 0.856. The van der Waals surface area contributed by atoms with Gasteiger partial charge in [-0.05, 0) is 26.2 Å². The highest BCUT2D eigenvalue weighted by molar-refractivity contribution is 7.15. The Bertz CT molecular complexity index is 610. The molecule has 0 aromatic carbocycles. The molecule has 5 nitrogen and oxygen atoms in total. The maximum atomic E-state index is 12.0. The number of nitrogens with zero attached hydrogens (tertiary/aromatic N) is 2. The topological polar surface area (TPSA) is 64.1 Å². The average molecular weight is 323 g/mol. The summed E-state index contributed by atoms with van der Waals surface area (Å²) in [5.74, 6) is -0.337. The summed E-state index contributed by atoms with van der Waals surface area (Å²) in [5, 5.41) is 7.16. The number of hydrogen-bond acceptors (Lipinski definition) is 7. The number of nitrogens with one attached hydrogen (secondary N) is 1. The van der Waals surface area contributed by atoms with Gasteiger partial charge in [0.05, 0.1) is 18.8 Å². The Labute approximate surface area is 131 Å². The van der Waals surface area contributed by atoms with E-state index in [4.69, 9.17) is 4.74 Å². The first-order valence-electron chi connectivity index (χ1n) is 7.06. The van der Waals surface area contributed by atoms with E-state index < -0.39 is 0 Å². The number of ether oxygens (including phenoxy) is 1. The smallest absolute Gasteiger partial charge is 0.315 e. The van der Waals surface area contributed by atoms with E-state index in [-0.39, 0.29) is 11.9 Å². The van der Waals surface area contributed by atoms with Crippen LogP contribution in [-0.4, -0.2) is 22.5 Å². The molecule has 0 aliphatic heterocycles. The van der Waals surface area contributed by atoms with Gasteiger partial charge < -0.3 is 10.1 Å². The highest BCUT2D eigenvalue weighted by Crippen LogP contribution is 2.37. The Balaban J connectivity index is 1.73. The SMILES string of the molecule is CCOC(=O)C1CCCc2sc(NCc3nccs3)nc21. The summed E-state index contributed by atoms with van der Waals surface area (Å²) in [5.41, 5.74) is 0.909. The number of esters is 1. The van der Waals surface area contributed by atoms with Gasteiger partial charge in [0, 0.05) is 16.5 Å². The van der Waals surface area contributed by atoms with Gasteiger partial charge in [0.15, 0.2) is 5.13 Å². The number of fused-ring (bicyclic) bond motifs is 1. The van der Waals surface area contributed by atoms with Crippen LogP contribution in [0.1, 0.15) is 41.3 Å². The average Bonchev–Trinajstić information content (AvgIpc) is 3.13. The van der Waals surface area contributed by atoms with Crippen LogP contribution < -0.4 is 5.32 Å². The molecular formula is C14H17N3O2S2. The van der Waals surface area contributed by atoms with Gasteiger partial charge in [-0.25, -0.2) is 9.97 Å². The van der Waals surface area contributed by atoms with Crippen molar-refractivity contribution in [2.75, 3.05) is 11.9 Å². The minimum atomic E-state index is -0.194. The molecule has 1 N–H and O–H groups in total. The van der Waals surface area contributed by atoms with Crippen LogP contribution in [0.2, 0.25) is 0 Å². The second kappa shape index (κ2) is 6.53. The fourth-order valence-electron chi connectivity index (χ4n) is 2.46. The molecular weight excluding hydrogens is 306 g/mol. The maximum absolute atomic E-state index is 12.0. The minimum Gasteiger partial charge on any atom is -0.465 e. The zero-order chi connectivity index (χ0) is 14.7. The zero-order valence-corrected chi connectivity index (χ0v) is 13.4. The standard InChI is InChI=1S/C14H17N3O2S2/c1-2-19-13(18)9-4-3-5-10-12(9)17-14(21-10)16-8-11-15-6-7-20-11/h6-7,9H,2-5,8H2,1H3,(H,16,17). The van der Waals surface area contributed by atoms with Gasteiger partial charge in [0.1, 0.15) is 10.9 Å². The van der Waals surface area contributed by atoms with Gasteiger partial charge in [0.2, 0.25) is 0 Å². The van der Waals surface area contributed by atoms with Gasteiger partial charge in [-0.1, -0.05) is 0 Å². The van der Waals surface area contributed by atoms with Gasteiger partial charge in [-0.2, -0.15) is 0 Å². The number of hydrogen-bond donors (Lipinski definition) is 1. The molecule has 3 rings (SSSR count). The van der Waals surface area contributed by atoms with Crippen LogP contribution in [0.5, 0.6) is 0 Å². The number of carbonyl (C=O) groups is 1. The van der Waals surface area contributed by atoms with E-state index in [0.29, 0.717) is 13.2 Å². The normalized spacial score (nSPS) is 17.3. The third-order valence-corrected chi connectivity index (χ3v) is 5.27. The Hall–Kier alpha value is -1.47. The van der Waals surface area contributed by atoms with Crippen LogP contribution in [0.3, 0.4) is 0 Å². The summed E-state index contributed by atoms with van der Waals surface area (Å²) < 4.78 is 5.16. The molecule has 0 bridgehead atoms. The first-order valence-corrected chi connectivity index (χ1v) is 8.76. The highest BCUT2D eigenvalue weighted by atomic mass is 32.1. The van der Waals surface area contributed by atoms with Crippen molar-refractivity contribution in [2.24, 2.45) is 0 Å². The molecule has 0 spiro atoms. The zero-order valence-electron chi connectivity index (χ0n) is 11.8. The molecule has 1 aliphatic rings. The van der Waals surface area contributed by atoms with Crippen molar-refractivity contribution in [2.45, 2.75) is 38.6 Å². The fraction of sp³-hybridized carbons (Fsp3) is 0.500. The number of aryl methyl sites for hydroxylation is 1. The van der Waals surface area contributed by atoms with Crippen molar-refractivity contribution in [1.82, 2.24) is 9.97 Å². The van der Waals surface area contributed by atoms with Crippen molar-refractivity contribution in [3.05, 3.63) is 27.2 Å². The molecule has 0 saturated heterocycles. The monoisotopic (exact) mass is 323 g/mol. The lowest BCUT2D eigenvalue weighted by Gasteiger charge is -2.19. The number of thiazole rings is 2. The summed E-state index contributed by atoms with van der Waals surface area (Å²) in [4.78, 5) is 22.1. The first-order chi connectivity index (χ1) is 10.3. The summed E-state index contributed by atoms with van der Waals surface area (Å²) in [6, 6.07) is 0. The third kappa shape index (κ3) is 3.24. The van der Waals surface area contributed by atoms with Crippen LogP contribution in [-0.2, 0) is 22.5 Å². The van der Waals surface area contributed by atoms with Gasteiger partial charge in [-0.15, -0.1) is 22.7 Å². The van der Waals surface area contributed by atoms with E-state index in [1.54, 1.807) is 28.9 Å². The lowest BCUT2D eigenvalue weighted by molar-refractivity contribution is -0.145. The van der Waals surface area contributed by atoms with Crippen molar-refractivity contribution in [3.63, 3.8) is 0 Å². The molecule has 2 heterocycles. The van der Waals surface area contributed by atoms with Crippen LogP contribution in [0.4, 0.5) is 5.13 Å². The molecule has 0 fully saturated rings. The van der Waals surface area contributed by atoms with Crippen LogP contribution in [0.15, 0.2) is 11.6 Å². The number of rotatable bonds is 5. The summed E-state index contributed by atoms with van der Waals surface area (Å²) in [6.07, 6.45) is 4.65. The maximum Gasteiger partial charge on any atom is 0.315 e. The Morgan fingerprint density at radius 2 is 2.48 bits per heavy atom. The molecule has 7 heteroatoms. The van der Waals surface area contributed by atoms with E-state index >= 15 is 0 Å². The molecule has 0 saturated carbocycles. The molecule has 1 aliphatic carbocycles. The Morgan fingerprint density at radius 1 is 1.57 bits per heavy atom. The van der Waals surface area contributed by atoms with Crippen molar-refractivity contribution >= 4 is 33.8 Å². The van der Waals surface area contributed by atoms with Crippen molar-refractivity contribution in [1.29, 1.82) is 0 Å². The van der Waals surface area contributed by atoms with E-state index in [0.717, 1.165) is 35.1 Å². The van der Waals surface area contributed by atoms with E-state index in [1.165, 1.54) is 4.88 Å². The number of anilines is 1. The Morgan fingerprint density at radius 3 is 3.24 bits per heavy atom. The van der Waals surface area contributed by atoms with Crippen molar-refractivity contribution < 1.29 is 9.53 Å². The predicted molar refractivity (Wildman–Crippen MR) is 83.9 cm³/mol. The summed E-state index contributed by atoms with van der Waals surface area (Å²) in [7, 11) is 0. The fourth-order valence-corrected chi connectivity index (χ4v) is 4.07. The van der Waals surface area contributed by atoms with Crippen LogP contribution in [0.25, 0.3) is 0 Å². The molecule has 0 radical (unpaired) electrons. The minimum absolute atomic E-state index is 0.143. The molecule has 2 aromatic rings. The van der Waals surface area contributed by atoms with Gasteiger partial charge >= 0.3 is 5.97 Å². The number of carbonyl (C=O) groups excluding carboxylic acids is 1. The molecule has 2 aromatic heterocycles. The van der Waals surface area contributed by atoms with E-state index in [1.807, 2.05) is 12.3 Å². The van der Waals surface area contributed by atoms with E-state index in [9.17, 15) is 4.79 Å². The molecule has 21 heavy (non-hydrogen) atoms. The molecule has 1 unspecified atom stereocenters. The van der Waals surface area contributed by atoms with Crippen LogP contribution in [0, 0.1) is 0 Å². The summed E-state index contributed by atoms with van der Waals surface area (Å²) in [6.45, 7) is 2.93. The molecule has 0 amide bonds. The van der Waals surface area contributed by atoms with Crippen molar-refractivity contribution in [3.8, 4) is 0 Å². The van der Waals surface area contributed by atoms with Crippen LogP contribution >= 0.6 is 22.7 Å². The van der Waals surface area contributed by atoms with E-state index in [2.05, 4.69) is 15.3 Å². The van der Waals surface area contributed by atoms with Gasteiger partial charge in [0.25, 0.3) is 0 Å². The predicted octanol–water partition coefficient (Wildman–Crippen LogP) is 3.19. The molecule has 112 valence electrons. The number of aromatic nitrogens is 2. The highest BCUT2D eigenvalue weighted by Gasteiger charge is 2.31. The second-order valence-electron chi connectivity index (χ2n) is 4.80. The lowest BCUT2D eigenvalue weighted by Crippen LogP contribution is -2.20. The Kier molecular flexibility index (Phi) is 4.50. The lowest BCUT2D eigenvalue weighted by atomic mass is 9.91. The molecule has 1 atom stereocenters. The third-order valence-electron chi connectivity index (χ3n) is 3.40. The first kappa shape index (κ1) is 14.5. The largest absolute Gasteiger partial charge is 0.465 e. The second-order valence-corrected chi connectivity index (χ2v) is 6.87. The summed E-state index contributed by atoms with van der Waals surface area (Å²) >= 11 is 3.26. The van der Waals surface area contributed by atoms with Gasteiger partial charge in [-0.3, -0.25) is 4.79 Å².